The summed E-state index contributed by atoms with van der Waals surface area (Å²) >= 11 is 4.72. The van der Waals surface area contributed by atoms with Crippen LogP contribution in [0.15, 0.2) is 11.6 Å². The van der Waals surface area contributed by atoms with E-state index in [4.69, 9.17) is 12.6 Å². The van der Waals surface area contributed by atoms with Crippen molar-refractivity contribution in [1.29, 1.82) is 0 Å². The SMILES string of the molecule is CC(C)C1CC=C2C[C@@H](S)CC[C@]2(C)C1C(C)C. The highest BCUT2D eigenvalue weighted by Gasteiger charge is 2.47. The molecule has 4 atom stereocenters. The molecule has 0 radical (unpaired) electrons. The predicted molar refractivity (Wildman–Crippen MR) is 84.1 cm³/mol. The van der Waals surface area contributed by atoms with E-state index >= 15 is 0 Å². The highest BCUT2D eigenvalue weighted by Crippen LogP contribution is 2.56. The zero-order valence-corrected chi connectivity index (χ0v) is 13.6. The summed E-state index contributed by atoms with van der Waals surface area (Å²) in [6.45, 7) is 12.2. The Morgan fingerprint density at radius 2 is 1.89 bits per heavy atom. The van der Waals surface area contributed by atoms with Crippen molar-refractivity contribution in [2.75, 3.05) is 0 Å². The van der Waals surface area contributed by atoms with Crippen molar-refractivity contribution in [3.63, 3.8) is 0 Å². The molecule has 0 spiro atoms. The third kappa shape index (κ3) is 2.40. The van der Waals surface area contributed by atoms with Crippen LogP contribution in [0.4, 0.5) is 0 Å². The van der Waals surface area contributed by atoms with Gasteiger partial charge in [-0.1, -0.05) is 46.3 Å². The normalized spacial score (nSPS) is 40.9. The van der Waals surface area contributed by atoms with Gasteiger partial charge in [0.05, 0.1) is 0 Å². The van der Waals surface area contributed by atoms with Gasteiger partial charge < -0.3 is 0 Å². The first kappa shape index (κ1) is 14.5. The number of rotatable bonds is 2. The molecule has 0 amide bonds. The van der Waals surface area contributed by atoms with Crippen LogP contribution in [0.1, 0.15) is 60.3 Å². The second-order valence-electron chi connectivity index (χ2n) is 7.46. The number of fused-ring (bicyclic) bond motifs is 1. The van der Waals surface area contributed by atoms with E-state index in [1.807, 2.05) is 0 Å². The van der Waals surface area contributed by atoms with Gasteiger partial charge in [-0.3, -0.25) is 0 Å². The highest BCUT2D eigenvalue weighted by atomic mass is 32.1. The Balaban J connectivity index is 2.35. The van der Waals surface area contributed by atoms with E-state index in [0.29, 0.717) is 10.7 Å². The fourth-order valence-electron chi connectivity index (χ4n) is 4.73. The van der Waals surface area contributed by atoms with Crippen molar-refractivity contribution in [2.24, 2.45) is 29.1 Å². The molecule has 2 unspecified atom stereocenters. The minimum Gasteiger partial charge on any atom is -0.176 e. The van der Waals surface area contributed by atoms with Gasteiger partial charge in [0.25, 0.3) is 0 Å². The van der Waals surface area contributed by atoms with Gasteiger partial charge in [-0.25, -0.2) is 0 Å². The quantitative estimate of drug-likeness (QED) is 0.505. The van der Waals surface area contributed by atoms with Crippen molar-refractivity contribution in [1.82, 2.24) is 0 Å². The van der Waals surface area contributed by atoms with E-state index in [9.17, 15) is 0 Å². The Bertz CT molecular complexity index is 329. The summed E-state index contributed by atoms with van der Waals surface area (Å²) in [6.07, 6.45) is 7.75. The standard InChI is InChI=1S/C17H30S/c1-11(2)15-7-6-13-10-14(18)8-9-17(13,5)16(15)12(3)4/h6,11-12,14-16,18H,7-10H2,1-5H3/t14-,15?,16?,17-/m0/s1. The van der Waals surface area contributed by atoms with Crippen LogP contribution in [0.3, 0.4) is 0 Å². The molecule has 104 valence electrons. The Kier molecular flexibility index (Phi) is 4.21. The lowest BCUT2D eigenvalue weighted by atomic mass is 9.52. The van der Waals surface area contributed by atoms with E-state index in [1.165, 1.54) is 25.7 Å². The van der Waals surface area contributed by atoms with Crippen molar-refractivity contribution in [3.05, 3.63) is 11.6 Å². The van der Waals surface area contributed by atoms with Gasteiger partial charge in [0.15, 0.2) is 0 Å². The van der Waals surface area contributed by atoms with Crippen molar-refractivity contribution >= 4 is 12.6 Å². The van der Waals surface area contributed by atoms with Crippen LogP contribution < -0.4 is 0 Å². The minimum absolute atomic E-state index is 0.459. The summed E-state index contributed by atoms with van der Waals surface area (Å²) in [6, 6.07) is 0. The van der Waals surface area contributed by atoms with Crippen LogP contribution in [0.25, 0.3) is 0 Å². The van der Waals surface area contributed by atoms with Gasteiger partial charge in [-0.05, 0) is 54.8 Å². The molecule has 2 aliphatic carbocycles. The molecule has 2 aliphatic rings. The number of allylic oxidation sites excluding steroid dienone is 2. The molecule has 18 heavy (non-hydrogen) atoms. The second-order valence-corrected chi connectivity index (χ2v) is 8.19. The summed E-state index contributed by atoms with van der Waals surface area (Å²) in [7, 11) is 0. The number of hydrogen-bond acceptors (Lipinski definition) is 1. The summed E-state index contributed by atoms with van der Waals surface area (Å²) in [5.41, 5.74) is 2.19. The molecule has 2 rings (SSSR count). The van der Waals surface area contributed by atoms with Gasteiger partial charge in [0.1, 0.15) is 0 Å². The average Bonchev–Trinajstić information content (AvgIpc) is 2.27. The van der Waals surface area contributed by atoms with Crippen molar-refractivity contribution < 1.29 is 0 Å². The van der Waals surface area contributed by atoms with Crippen molar-refractivity contribution in [2.45, 2.75) is 65.6 Å². The third-order valence-electron chi connectivity index (χ3n) is 5.59. The zero-order chi connectivity index (χ0) is 13.5. The smallest absolute Gasteiger partial charge is 0.00545 e. The molecule has 1 saturated carbocycles. The molecular weight excluding hydrogens is 236 g/mol. The van der Waals surface area contributed by atoms with Crippen LogP contribution in [-0.2, 0) is 0 Å². The lowest BCUT2D eigenvalue weighted by Gasteiger charge is -2.53. The summed E-state index contributed by atoms with van der Waals surface area (Å²) in [5.74, 6) is 3.33. The van der Waals surface area contributed by atoms with Crippen LogP contribution in [0.5, 0.6) is 0 Å². The van der Waals surface area contributed by atoms with Gasteiger partial charge in [0, 0.05) is 5.25 Å². The van der Waals surface area contributed by atoms with Gasteiger partial charge in [-0.2, -0.15) is 12.6 Å². The largest absolute Gasteiger partial charge is 0.176 e. The van der Waals surface area contributed by atoms with Gasteiger partial charge in [-0.15, -0.1) is 0 Å². The van der Waals surface area contributed by atoms with Crippen molar-refractivity contribution in [3.8, 4) is 0 Å². The van der Waals surface area contributed by atoms with E-state index < -0.39 is 0 Å². The second kappa shape index (κ2) is 5.23. The van der Waals surface area contributed by atoms with Gasteiger partial charge in [0.2, 0.25) is 0 Å². The zero-order valence-electron chi connectivity index (χ0n) is 12.7. The molecule has 0 bridgehead atoms. The fourth-order valence-corrected chi connectivity index (χ4v) is 5.05. The molecular formula is C17H30S. The molecule has 0 aromatic heterocycles. The molecule has 0 aromatic carbocycles. The summed E-state index contributed by atoms with van der Waals surface area (Å²) < 4.78 is 0. The summed E-state index contributed by atoms with van der Waals surface area (Å²) in [4.78, 5) is 0. The Morgan fingerprint density at radius 1 is 1.22 bits per heavy atom. The maximum atomic E-state index is 4.72. The van der Waals surface area contributed by atoms with E-state index in [2.05, 4.69) is 40.7 Å². The molecule has 0 N–H and O–H groups in total. The number of hydrogen-bond donors (Lipinski definition) is 1. The lowest BCUT2D eigenvalue weighted by Crippen LogP contribution is -2.45. The minimum atomic E-state index is 0.459. The maximum absolute atomic E-state index is 4.72. The molecule has 0 aromatic rings. The topological polar surface area (TPSA) is 0 Å². The molecule has 1 heteroatoms. The van der Waals surface area contributed by atoms with Gasteiger partial charge >= 0.3 is 0 Å². The van der Waals surface area contributed by atoms with Crippen LogP contribution >= 0.6 is 12.6 Å². The number of thiol groups is 1. The molecule has 0 nitrogen and oxygen atoms in total. The van der Waals surface area contributed by atoms with E-state index in [-0.39, 0.29) is 0 Å². The van der Waals surface area contributed by atoms with Crippen LogP contribution in [-0.4, -0.2) is 5.25 Å². The molecule has 1 fully saturated rings. The predicted octanol–water partition coefficient (Wildman–Crippen LogP) is 5.35. The summed E-state index contributed by atoms with van der Waals surface area (Å²) in [5, 5.41) is 0.604. The Morgan fingerprint density at radius 3 is 2.44 bits per heavy atom. The highest BCUT2D eigenvalue weighted by molar-refractivity contribution is 7.80. The monoisotopic (exact) mass is 266 g/mol. The molecule has 0 heterocycles. The van der Waals surface area contributed by atoms with Crippen LogP contribution in [0, 0.1) is 29.1 Å². The third-order valence-corrected chi connectivity index (χ3v) is 6.03. The first-order chi connectivity index (χ1) is 8.36. The Labute approximate surface area is 119 Å². The first-order valence-electron chi connectivity index (χ1n) is 7.74. The van der Waals surface area contributed by atoms with Crippen LogP contribution in [0.2, 0.25) is 0 Å². The molecule has 0 saturated heterocycles. The lowest BCUT2D eigenvalue weighted by molar-refractivity contribution is 0.0456. The van der Waals surface area contributed by atoms with E-state index in [0.717, 1.165) is 23.7 Å². The molecule has 0 aliphatic heterocycles. The fraction of sp³-hybridized carbons (Fsp3) is 0.882. The maximum Gasteiger partial charge on any atom is 0.00545 e. The van der Waals surface area contributed by atoms with E-state index in [1.54, 1.807) is 5.57 Å². The average molecular weight is 266 g/mol. The first-order valence-corrected chi connectivity index (χ1v) is 8.25. The Hall–Kier alpha value is 0.0900.